The fraction of sp³-hybridized carbons (Fsp3) is 0.625. The van der Waals surface area contributed by atoms with Crippen molar-refractivity contribution >= 4 is 0 Å². The zero-order valence-corrected chi connectivity index (χ0v) is 11.5. The molecule has 0 aromatic heterocycles. The molecule has 3 heteroatoms. The molecule has 102 valence electrons. The maximum Gasteiger partial charge on any atom is 0.231 e. The summed E-state index contributed by atoms with van der Waals surface area (Å²) >= 11 is 0. The quantitative estimate of drug-likeness (QED) is 0.815. The molecule has 3 aliphatic rings. The summed E-state index contributed by atoms with van der Waals surface area (Å²) < 4.78 is 11.2. The molecule has 3 nitrogen and oxygen atoms in total. The van der Waals surface area contributed by atoms with E-state index >= 15 is 0 Å². The summed E-state index contributed by atoms with van der Waals surface area (Å²) in [5.41, 5.74) is 2.95. The van der Waals surface area contributed by atoms with E-state index in [2.05, 4.69) is 24.0 Å². The number of fused-ring (bicyclic) bond motifs is 5. The maximum absolute atomic E-state index is 5.68. The molecule has 1 aromatic carbocycles. The third kappa shape index (κ3) is 1.68. The van der Waals surface area contributed by atoms with Crippen molar-refractivity contribution in [1.29, 1.82) is 0 Å². The minimum atomic E-state index is 0.391. The molecule has 1 fully saturated rings. The van der Waals surface area contributed by atoms with Gasteiger partial charge < -0.3 is 9.47 Å². The molecule has 0 bridgehead atoms. The van der Waals surface area contributed by atoms with Crippen molar-refractivity contribution in [1.82, 2.24) is 4.90 Å². The molecule has 0 saturated carbocycles. The smallest absolute Gasteiger partial charge is 0.231 e. The van der Waals surface area contributed by atoms with Gasteiger partial charge in [0.1, 0.15) is 0 Å². The molecule has 2 heterocycles. The Hall–Kier alpha value is -1.22. The van der Waals surface area contributed by atoms with Crippen LogP contribution in [0.2, 0.25) is 0 Å². The van der Waals surface area contributed by atoms with E-state index in [4.69, 9.17) is 9.47 Å². The second-order valence-corrected chi connectivity index (χ2v) is 5.90. The summed E-state index contributed by atoms with van der Waals surface area (Å²) in [7, 11) is 0. The van der Waals surface area contributed by atoms with Crippen molar-refractivity contribution in [2.45, 2.75) is 44.6 Å². The van der Waals surface area contributed by atoms with Crippen LogP contribution in [0.25, 0.3) is 0 Å². The van der Waals surface area contributed by atoms with Crippen LogP contribution >= 0.6 is 0 Å². The number of ether oxygens (including phenoxy) is 2. The minimum absolute atomic E-state index is 0.391. The normalized spacial score (nSPS) is 28.3. The zero-order chi connectivity index (χ0) is 12.8. The highest BCUT2D eigenvalue weighted by molar-refractivity contribution is 5.54. The van der Waals surface area contributed by atoms with E-state index in [9.17, 15) is 0 Å². The minimum Gasteiger partial charge on any atom is -0.454 e. The molecule has 1 aliphatic carbocycles. The Balaban J connectivity index is 1.70. The first-order valence-corrected chi connectivity index (χ1v) is 7.54. The van der Waals surface area contributed by atoms with Crippen molar-refractivity contribution in [2.75, 3.05) is 19.9 Å². The van der Waals surface area contributed by atoms with Crippen molar-refractivity contribution in [2.24, 2.45) is 0 Å². The molecule has 1 saturated heterocycles. The predicted octanol–water partition coefficient (Wildman–Crippen LogP) is 2.93. The van der Waals surface area contributed by atoms with Gasteiger partial charge in [-0.25, -0.2) is 0 Å². The molecule has 0 amide bonds. The molecular weight excluding hydrogens is 238 g/mol. The van der Waals surface area contributed by atoms with Crippen LogP contribution in [0.15, 0.2) is 12.1 Å². The van der Waals surface area contributed by atoms with Crippen LogP contribution < -0.4 is 9.47 Å². The lowest BCUT2D eigenvalue weighted by atomic mass is 9.79. The van der Waals surface area contributed by atoms with Crippen LogP contribution in [0.4, 0.5) is 0 Å². The van der Waals surface area contributed by atoms with E-state index in [0.29, 0.717) is 12.7 Å². The number of hydrogen-bond donors (Lipinski definition) is 0. The van der Waals surface area contributed by atoms with Crippen LogP contribution in [-0.4, -0.2) is 30.8 Å². The standard InChI is InChI=1S/C16H21NO2/c1-2-8-17-9-7-12-11-4-6-15-16(19-10-18-15)13(11)3-5-14(12)17/h4,6,12,14H,2-3,5,7-10H2,1H3. The lowest BCUT2D eigenvalue weighted by Gasteiger charge is -2.33. The van der Waals surface area contributed by atoms with Gasteiger partial charge in [0.2, 0.25) is 6.79 Å². The molecule has 2 unspecified atom stereocenters. The van der Waals surface area contributed by atoms with Gasteiger partial charge in [-0.3, -0.25) is 4.90 Å². The fourth-order valence-corrected chi connectivity index (χ4v) is 4.17. The molecule has 2 aliphatic heterocycles. The molecule has 0 N–H and O–H groups in total. The highest BCUT2D eigenvalue weighted by Gasteiger charge is 2.40. The highest BCUT2D eigenvalue weighted by atomic mass is 16.7. The third-order valence-corrected chi connectivity index (χ3v) is 4.94. The predicted molar refractivity (Wildman–Crippen MR) is 73.9 cm³/mol. The van der Waals surface area contributed by atoms with Crippen LogP contribution in [0.3, 0.4) is 0 Å². The van der Waals surface area contributed by atoms with Gasteiger partial charge in [0.25, 0.3) is 0 Å². The summed E-state index contributed by atoms with van der Waals surface area (Å²) in [6.45, 7) is 5.18. The zero-order valence-electron chi connectivity index (χ0n) is 11.5. The first-order chi connectivity index (χ1) is 9.38. The van der Waals surface area contributed by atoms with Gasteiger partial charge in [0, 0.05) is 17.5 Å². The van der Waals surface area contributed by atoms with Gasteiger partial charge >= 0.3 is 0 Å². The van der Waals surface area contributed by atoms with Crippen molar-refractivity contribution in [3.05, 3.63) is 23.3 Å². The lowest BCUT2D eigenvalue weighted by molar-refractivity contribution is 0.172. The van der Waals surface area contributed by atoms with Gasteiger partial charge in [0.05, 0.1) is 0 Å². The van der Waals surface area contributed by atoms with E-state index < -0.39 is 0 Å². The van der Waals surface area contributed by atoms with Crippen LogP contribution in [0.5, 0.6) is 11.5 Å². The van der Waals surface area contributed by atoms with E-state index in [0.717, 1.165) is 24.0 Å². The van der Waals surface area contributed by atoms with Gasteiger partial charge in [-0.2, -0.15) is 0 Å². The number of likely N-dealkylation sites (tertiary alicyclic amines) is 1. The van der Waals surface area contributed by atoms with Crippen molar-refractivity contribution in [3.63, 3.8) is 0 Å². The molecule has 0 spiro atoms. The summed E-state index contributed by atoms with van der Waals surface area (Å²) in [5, 5.41) is 0. The molecule has 4 rings (SSSR count). The molecule has 19 heavy (non-hydrogen) atoms. The Morgan fingerprint density at radius 2 is 2.21 bits per heavy atom. The average Bonchev–Trinajstić information content (AvgIpc) is 3.05. The highest BCUT2D eigenvalue weighted by Crippen LogP contribution is 2.48. The Kier molecular flexibility index (Phi) is 2.69. The third-order valence-electron chi connectivity index (χ3n) is 4.94. The summed E-state index contributed by atoms with van der Waals surface area (Å²) in [6.07, 6.45) is 4.98. The summed E-state index contributed by atoms with van der Waals surface area (Å²) in [6, 6.07) is 5.15. The van der Waals surface area contributed by atoms with Gasteiger partial charge in [0.15, 0.2) is 11.5 Å². The second kappa shape index (κ2) is 4.41. The first-order valence-electron chi connectivity index (χ1n) is 7.54. The topological polar surface area (TPSA) is 21.7 Å². The van der Waals surface area contributed by atoms with Crippen molar-refractivity contribution in [3.8, 4) is 11.5 Å². The number of benzene rings is 1. The number of hydrogen-bond acceptors (Lipinski definition) is 3. The van der Waals surface area contributed by atoms with Crippen LogP contribution in [-0.2, 0) is 6.42 Å². The largest absolute Gasteiger partial charge is 0.454 e. The van der Waals surface area contributed by atoms with E-state index in [1.807, 2.05) is 0 Å². The number of nitrogens with zero attached hydrogens (tertiary/aromatic N) is 1. The molecular formula is C16H21NO2. The molecule has 0 radical (unpaired) electrons. The SMILES string of the molecule is CCCN1CCC2c3ccc4c(c3CCC21)OCO4. The molecule has 2 atom stereocenters. The fourth-order valence-electron chi connectivity index (χ4n) is 4.17. The monoisotopic (exact) mass is 259 g/mol. The van der Waals surface area contributed by atoms with Gasteiger partial charge in [-0.1, -0.05) is 13.0 Å². The average molecular weight is 259 g/mol. The Morgan fingerprint density at radius 3 is 3.11 bits per heavy atom. The molecule has 1 aromatic rings. The second-order valence-electron chi connectivity index (χ2n) is 5.90. The van der Waals surface area contributed by atoms with Crippen molar-refractivity contribution < 1.29 is 9.47 Å². The van der Waals surface area contributed by atoms with E-state index in [1.165, 1.54) is 43.5 Å². The lowest BCUT2D eigenvalue weighted by Crippen LogP contribution is -2.35. The maximum atomic E-state index is 5.68. The van der Waals surface area contributed by atoms with Crippen LogP contribution in [0, 0.1) is 0 Å². The first kappa shape index (κ1) is 11.6. The van der Waals surface area contributed by atoms with E-state index in [-0.39, 0.29) is 0 Å². The van der Waals surface area contributed by atoms with E-state index in [1.54, 1.807) is 0 Å². The number of rotatable bonds is 2. The Morgan fingerprint density at radius 1 is 1.26 bits per heavy atom. The summed E-state index contributed by atoms with van der Waals surface area (Å²) in [5.74, 6) is 2.69. The van der Waals surface area contributed by atoms with Crippen LogP contribution in [0.1, 0.15) is 43.2 Å². The summed E-state index contributed by atoms with van der Waals surface area (Å²) in [4.78, 5) is 2.69. The van der Waals surface area contributed by atoms with Gasteiger partial charge in [-0.15, -0.1) is 0 Å². The van der Waals surface area contributed by atoms with Gasteiger partial charge in [-0.05, 0) is 50.4 Å². The Labute approximate surface area is 114 Å². The Bertz CT molecular complexity index is 500.